The zero-order chi connectivity index (χ0) is 13.2. The molecule has 0 saturated carbocycles. The van der Waals surface area contributed by atoms with E-state index >= 15 is 0 Å². The molecular weight excluding hydrogens is 262 g/mol. The summed E-state index contributed by atoms with van der Waals surface area (Å²) in [7, 11) is 0. The second-order valence-electron chi connectivity index (χ2n) is 4.62. The SMILES string of the molecule is O=C(CCl)N1CC=CCC1c1ccc2ccocc1-2. The first kappa shape index (κ1) is 12.3. The molecule has 0 spiro atoms. The van der Waals surface area contributed by atoms with Crippen LogP contribution >= 0.6 is 11.6 Å². The summed E-state index contributed by atoms with van der Waals surface area (Å²) in [6.07, 6.45) is 8.34. The van der Waals surface area contributed by atoms with Crippen molar-refractivity contribution in [2.75, 3.05) is 12.4 Å². The van der Waals surface area contributed by atoms with Crippen molar-refractivity contribution in [1.29, 1.82) is 0 Å². The lowest BCUT2D eigenvalue weighted by Gasteiger charge is -2.33. The maximum Gasteiger partial charge on any atom is 0.238 e. The van der Waals surface area contributed by atoms with Gasteiger partial charge in [0.05, 0.1) is 18.6 Å². The number of alkyl halides is 1. The van der Waals surface area contributed by atoms with Crippen LogP contribution in [0, 0.1) is 0 Å². The van der Waals surface area contributed by atoms with Crippen LogP contribution in [0.4, 0.5) is 0 Å². The Morgan fingerprint density at radius 1 is 1.37 bits per heavy atom. The van der Waals surface area contributed by atoms with Crippen LogP contribution in [-0.4, -0.2) is 23.2 Å². The van der Waals surface area contributed by atoms with Crippen LogP contribution in [0.3, 0.4) is 0 Å². The number of nitrogens with zero attached hydrogens (tertiary/aromatic N) is 1. The van der Waals surface area contributed by atoms with Gasteiger partial charge in [-0.05, 0) is 23.6 Å². The van der Waals surface area contributed by atoms with Crippen molar-refractivity contribution in [3.8, 4) is 11.1 Å². The van der Waals surface area contributed by atoms with Gasteiger partial charge in [-0.2, -0.15) is 0 Å². The minimum atomic E-state index is -0.0294. The lowest BCUT2D eigenvalue weighted by Crippen LogP contribution is -2.37. The van der Waals surface area contributed by atoms with Crippen molar-refractivity contribution < 1.29 is 9.21 Å². The maximum absolute atomic E-state index is 11.9. The van der Waals surface area contributed by atoms with E-state index in [0.29, 0.717) is 6.54 Å². The summed E-state index contributed by atoms with van der Waals surface area (Å²) >= 11 is 5.70. The molecule has 0 aromatic heterocycles. The molecule has 1 amide bonds. The van der Waals surface area contributed by atoms with Crippen LogP contribution in [0.1, 0.15) is 18.0 Å². The van der Waals surface area contributed by atoms with E-state index < -0.39 is 0 Å². The average Bonchev–Trinajstić information content (AvgIpc) is 2.90. The van der Waals surface area contributed by atoms with Gasteiger partial charge in [-0.1, -0.05) is 24.3 Å². The van der Waals surface area contributed by atoms with Gasteiger partial charge in [0.15, 0.2) is 0 Å². The summed E-state index contributed by atoms with van der Waals surface area (Å²) in [5.74, 6) is -0.00822. The fourth-order valence-corrected chi connectivity index (χ4v) is 2.79. The van der Waals surface area contributed by atoms with Gasteiger partial charge in [-0.3, -0.25) is 4.79 Å². The third-order valence-corrected chi connectivity index (χ3v) is 3.80. The molecule has 1 atom stereocenters. The first-order chi connectivity index (χ1) is 9.31. The monoisotopic (exact) mass is 275 g/mol. The lowest BCUT2D eigenvalue weighted by atomic mass is 9.97. The van der Waals surface area contributed by atoms with Crippen molar-refractivity contribution >= 4 is 17.5 Å². The fraction of sp³-hybridized carbons (Fsp3) is 0.267. The molecule has 4 heteroatoms. The number of hydrogen-bond acceptors (Lipinski definition) is 2. The molecule has 3 rings (SSSR count). The maximum atomic E-state index is 11.9. The van der Waals surface area contributed by atoms with Crippen LogP contribution in [0.15, 0.2) is 47.3 Å². The third kappa shape index (κ3) is 2.15. The van der Waals surface area contributed by atoms with E-state index in [-0.39, 0.29) is 17.8 Å². The van der Waals surface area contributed by atoms with E-state index in [1.165, 1.54) is 0 Å². The van der Waals surface area contributed by atoms with Crippen LogP contribution in [0.5, 0.6) is 0 Å². The molecule has 2 aliphatic heterocycles. The molecule has 0 radical (unpaired) electrons. The summed E-state index contributed by atoms with van der Waals surface area (Å²) in [6, 6.07) is 6.11. The standard InChI is InChI=1S/C15H14ClNO2/c16-9-15(18)17-7-2-1-3-14(17)12-5-4-11-6-8-19-10-13(11)12/h1-2,4-6,8,10,14H,3,7,9H2. The zero-order valence-corrected chi connectivity index (χ0v) is 11.1. The largest absolute Gasteiger partial charge is 0.472 e. The first-order valence-electron chi connectivity index (χ1n) is 6.26. The molecule has 19 heavy (non-hydrogen) atoms. The zero-order valence-electron chi connectivity index (χ0n) is 10.4. The topological polar surface area (TPSA) is 33.5 Å². The number of fused-ring (bicyclic) bond motifs is 1. The van der Waals surface area contributed by atoms with E-state index in [9.17, 15) is 4.79 Å². The summed E-state index contributed by atoms with van der Waals surface area (Å²) < 4.78 is 5.25. The minimum Gasteiger partial charge on any atom is -0.472 e. The smallest absolute Gasteiger partial charge is 0.238 e. The second-order valence-corrected chi connectivity index (χ2v) is 4.88. The van der Waals surface area contributed by atoms with Gasteiger partial charge in [-0.25, -0.2) is 0 Å². The molecule has 0 N–H and O–H groups in total. The molecule has 0 saturated heterocycles. The summed E-state index contributed by atoms with van der Waals surface area (Å²) in [5, 5.41) is 0. The predicted molar refractivity (Wildman–Crippen MR) is 74.3 cm³/mol. The van der Waals surface area contributed by atoms with Crippen molar-refractivity contribution in [3.63, 3.8) is 0 Å². The Balaban J connectivity index is 2.00. The van der Waals surface area contributed by atoms with Crippen LogP contribution < -0.4 is 0 Å². The molecular formula is C15H14ClNO2. The average molecular weight is 276 g/mol. The quantitative estimate of drug-likeness (QED) is 0.621. The highest BCUT2D eigenvalue weighted by molar-refractivity contribution is 6.27. The van der Waals surface area contributed by atoms with Crippen LogP contribution in [-0.2, 0) is 4.79 Å². The molecule has 1 unspecified atom stereocenters. The van der Waals surface area contributed by atoms with E-state index in [1.807, 2.05) is 17.0 Å². The number of amides is 1. The normalized spacial score (nSPS) is 19.0. The van der Waals surface area contributed by atoms with Gasteiger partial charge in [0.2, 0.25) is 5.91 Å². The molecule has 2 heterocycles. The number of carbonyl (C=O) groups is 1. The Morgan fingerprint density at radius 3 is 3.11 bits per heavy atom. The van der Waals surface area contributed by atoms with Crippen LogP contribution in [0.2, 0.25) is 0 Å². The third-order valence-electron chi connectivity index (χ3n) is 3.57. The Labute approximate surface area is 116 Å². The molecule has 0 bridgehead atoms. The Hall–Kier alpha value is -1.74. The number of halogens is 1. The van der Waals surface area contributed by atoms with Crippen molar-refractivity contribution in [1.82, 2.24) is 4.90 Å². The molecule has 3 nitrogen and oxygen atoms in total. The van der Waals surface area contributed by atoms with Gasteiger partial charge in [0.1, 0.15) is 5.88 Å². The molecule has 0 fully saturated rings. The van der Waals surface area contributed by atoms with E-state index in [0.717, 1.165) is 23.1 Å². The van der Waals surface area contributed by atoms with Gasteiger partial charge in [0, 0.05) is 12.1 Å². The van der Waals surface area contributed by atoms with Gasteiger partial charge < -0.3 is 9.32 Å². The number of rotatable bonds is 2. The van der Waals surface area contributed by atoms with Crippen molar-refractivity contribution in [2.45, 2.75) is 12.5 Å². The van der Waals surface area contributed by atoms with E-state index in [2.05, 4.69) is 18.2 Å². The van der Waals surface area contributed by atoms with Gasteiger partial charge >= 0.3 is 0 Å². The predicted octanol–water partition coefficient (Wildman–Crippen LogP) is 3.45. The second kappa shape index (κ2) is 5.10. The number of hydrogen-bond donors (Lipinski definition) is 0. The van der Waals surface area contributed by atoms with Crippen LogP contribution in [0.25, 0.3) is 11.1 Å². The summed E-state index contributed by atoms with van der Waals surface area (Å²) in [6.45, 7) is 0.618. The Morgan fingerprint density at radius 2 is 2.26 bits per heavy atom. The van der Waals surface area contributed by atoms with Gasteiger partial charge in [-0.15, -0.1) is 11.6 Å². The first-order valence-corrected chi connectivity index (χ1v) is 6.80. The lowest BCUT2D eigenvalue weighted by molar-refractivity contribution is -0.130. The van der Waals surface area contributed by atoms with Crippen molar-refractivity contribution in [3.05, 3.63) is 48.4 Å². The van der Waals surface area contributed by atoms with E-state index in [4.69, 9.17) is 16.0 Å². The minimum absolute atomic E-state index is 0.0212. The molecule has 0 aromatic rings. The number of carbonyl (C=O) groups excluding carboxylic acids is 1. The molecule has 1 aliphatic carbocycles. The van der Waals surface area contributed by atoms with Crippen molar-refractivity contribution in [2.24, 2.45) is 0 Å². The summed E-state index contributed by atoms with van der Waals surface area (Å²) in [4.78, 5) is 13.8. The Kier molecular flexibility index (Phi) is 3.30. The van der Waals surface area contributed by atoms with E-state index in [1.54, 1.807) is 12.5 Å². The van der Waals surface area contributed by atoms with Gasteiger partial charge in [0.25, 0.3) is 0 Å². The highest BCUT2D eigenvalue weighted by Gasteiger charge is 2.28. The molecule has 3 aliphatic rings. The fourth-order valence-electron chi connectivity index (χ4n) is 2.63. The molecule has 0 aromatic carbocycles. The highest BCUT2D eigenvalue weighted by atomic mass is 35.5. The summed E-state index contributed by atoms with van der Waals surface area (Å²) in [5.41, 5.74) is 3.33. The Bertz CT molecular complexity index is 590. The molecule has 98 valence electrons. The highest BCUT2D eigenvalue weighted by Crippen LogP contribution is 2.37.